The van der Waals surface area contributed by atoms with Crippen molar-refractivity contribution >= 4 is 11.5 Å². The molecule has 3 rings (SSSR count). The molecule has 3 heterocycles. The van der Waals surface area contributed by atoms with E-state index in [0.29, 0.717) is 17.8 Å². The van der Waals surface area contributed by atoms with Gasteiger partial charge < -0.3 is 20.7 Å². The fourth-order valence-corrected chi connectivity index (χ4v) is 3.34. The fourth-order valence-electron chi connectivity index (χ4n) is 3.34. The SMILES string of the molecule is NC1CC2CCC(C1)N2c1cccnc1[N+](=O)[O-]. The molecule has 0 radical (unpaired) electrons. The number of rotatable bonds is 2. The summed E-state index contributed by atoms with van der Waals surface area (Å²) in [6.45, 7) is 0. The average molecular weight is 248 g/mol. The summed E-state index contributed by atoms with van der Waals surface area (Å²) in [6, 6.07) is 4.46. The van der Waals surface area contributed by atoms with Crippen molar-refractivity contribution < 1.29 is 4.92 Å². The summed E-state index contributed by atoms with van der Waals surface area (Å²) in [5.74, 6) is -0.0372. The molecule has 96 valence electrons. The van der Waals surface area contributed by atoms with Crippen molar-refractivity contribution in [2.75, 3.05) is 4.90 Å². The normalized spacial score (nSPS) is 30.5. The quantitative estimate of drug-likeness (QED) is 0.632. The van der Waals surface area contributed by atoms with Crippen LogP contribution in [0.25, 0.3) is 0 Å². The summed E-state index contributed by atoms with van der Waals surface area (Å²) >= 11 is 0. The van der Waals surface area contributed by atoms with Gasteiger partial charge in [0.05, 0.1) is 0 Å². The average Bonchev–Trinajstić information content (AvgIpc) is 2.61. The van der Waals surface area contributed by atoms with E-state index < -0.39 is 4.92 Å². The number of nitrogens with two attached hydrogens (primary N) is 1. The molecule has 2 fully saturated rings. The van der Waals surface area contributed by atoms with E-state index >= 15 is 0 Å². The molecule has 1 aromatic heterocycles. The third kappa shape index (κ3) is 1.73. The maximum Gasteiger partial charge on any atom is 0.387 e. The number of piperidine rings is 1. The maximum atomic E-state index is 11.1. The van der Waals surface area contributed by atoms with Gasteiger partial charge in [-0.1, -0.05) is 0 Å². The largest absolute Gasteiger partial charge is 0.387 e. The van der Waals surface area contributed by atoms with Crippen molar-refractivity contribution in [1.29, 1.82) is 0 Å². The molecule has 2 aliphatic rings. The Labute approximate surface area is 105 Å². The Morgan fingerprint density at radius 2 is 2.06 bits per heavy atom. The Morgan fingerprint density at radius 1 is 1.39 bits per heavy atom. The van der Waals surface area contributed by atoms with Gasteiger partial charge in [-0.3, -0.25) is 0 Å². The van der Waals surface area contributed by atoms with E-state index in [0.717, 1.165) is 25.7 Å². The first-order valence-corrected chi connectivity index (χ1v) is 6.30. The molecule has 2 atom stereocenters. The van der Waals surface area contributed by atoms with Gasteiger partial charge in [-0.15, -0.1) is 0 Å². The van der Waals surface area contributed by atoms with E-state index in [-0.39, 0.29) is 11.9 Å². The summed E-state index contributed by atoms with van der Waals surface area (Å²) in [6.07, 6.45) is 5.46. The smallest absolute Gasteiger partial charge is 0.359 e. The monoisotopic (exact) mass is 248 g/mol. The predicted octanol–water partition coefficient (Wildman–Crippen LogP) is 1.45. The van der Waals surface area contributed by atoms with Crippen LogP contribution in [0.5, 0.6) is 0 Å². The molecule has 1 aromatic rings. The maximum absolute atomic E-state index is 11.1. The van der Waals surface area contributed by atoms with Crippen LogP contribution in [0.4, 0.5) is 11.5 Å². The highest BCUT2D eigenvalue weighted by Gasteiger charge is 2.42. The van der Waals surface area contributed by atoms with Crippen molar-refractivity contribution in [1.82, 2.24) is 4.98 Å². The van der Waals surface area contributed by atoms with Gasteiger partial charge in [0, 0.05) is 18.1 Å². The Balaban J connectivity index is 1.99. The molecule has 2 bridgehead atoms. The summed E-state index contributed by atoms with van der Waals surface area (Å²) in [7, 11) is 0. The zero-order valence-electron chi connectivity index (χ0n) is 10.0. The van der Waals surface area contributed by atoms with Crippen molar-refractivity contribution in [2.24, 2.45) is 5.73 Å². The number of aromatic nitrogens is 1. The van der Waals surface area contributed by atoms with Crippen LogP contribution in [-0.4, -0.2) is 28.0 Å². The molecular weight excluding hydrogens is 232 g/mol. The lowest BCUT2D eigenvalue weighted by Crippen LogP contribution is -2.47. The number of anilines is 1. The highest BCUT2D eigenvalue weighted by atomic mass is 16.6. The van der Waals surface area contributed by atoms with E-state index in [1.54, 1.807) is 12.1 Å². The zero-order valence-corrected chi connectivity index (χ0v) is 10.0. The number of pyridine rings is 1. The molecule has 2 unspecified atom stereocenters. The number of nitro groups is 1. The summed E-state index contributed by atoms with van der Waals surface area (Å²) < 4.78 is 0. The molecule has 2 aliphatic heterocycles. The van der Waals surface area contributed by atoms with Crippen molar-refractivity contribution in [3.8, 4) is 0 Å². The second kappa shape index (κ2) is 4.20. The van der Waals surface area contributed by atoms with Gasteiger partial charge in [0.15, 0.2) is 0 Å². The minimum absolute atomic E-state index is 0.0372. The van der Waals surface area contributed by atoms with Gasteiger partial charge in [-0.2, -0.15) is 0 Å². The lowest BCUT2D eigenvalue weighted by Gasteiger charge is -2.38. The number of fused-ring (bicyclic) bond motifs is 2. The lowest BCUT2D eigenvalue weighted by atomic mass is 9.97. The van der Waals surface area contributed by atoms with E-state index in [1.807, 2.05) is 0 Å². The Bertz CT molecular complexity index is 465. The Hall–Kier alpha value is -1.69. The van der Waals surface area contributed by atoms with Crippen LogP contribution >= 0.6 is 0 Å². The van der Waals surface area contributed by atoms with E-state index in [1.165, 1.54) is 6.20 Å². The minimum atomic E-state index is -0.399. The summed E-state index contributed by atoms with van der Waals surface area (Å²) in [4.78, 5) is 16.7. The predicted molar refractivity (Wildman–Crippen MR) is 67.4 cm³/mol. The number of nitrogens with zero attached hydrogens (tertiary/aromatic N) is 3. The molecule has 2 saturated heterocycles. The van der Waals surface area contributed by atoms with Gasteiger partial charge >= 0.3 is 5.82 Å². The topological polar surface area (TPSA) is 85.3 Å². The molecule has 18 heavy (non-hydrogen) atoms. The van der Waals surface area contributed by atoms with Crippen LogP contribution in [0.2, 0.25) is 0 Å². The van der Waals surface area contributed by atoms with Crippen LogP contribution < -0.4 is 10.6 Å². The zero-order chi connectivity index (χ0) is 12.7. The molecule has 0 aromatic carbocycles. The fraction of sp³-hybridized carbons (Fsp3) is 0.583. The minimum Gasteiger partial charge on any atom is -0.359 e. The third-order valence-corrected chi connectivity index (χ3v) is 3.99. The van der Waals surface area contributed by atoms with Gasteiger partial charge in [-0.05, 0) is 47.7 Å². The van der Waals surface area contributed by atoms with E-state index in [9.17, 15) is 10.1 Å². The van der Waals surface area contributed by atoms with Crippen LogP contribution in [0.1, 0.15) is 25.7 Å². The second-order valence-corrected chi connectivity index (χ2v) is 5.13. The van der Waals surface area contributed by atoms with Gasteiger partial charge in [-0.25, -0.2) is 0 Å². The van der Waals surface area contributed by atoms with E-state index in [4.69, 9.17) is 5.73 Å². The van der Waals surface area contributed by atoms with Crippen molar-refractivity contribution in [3.05, 3.63) is 28.4 Å². The Morgan fingerprint density at radius 3 is 2.67 bits per heavy atom. The van der Waals surface area contributed by atoms with Crippen molar-refractivity contribution in [3.63, 3.8) is 0 Å². The molecule has 2 N–H and O–H groups in total. The van der Waals surface area contributed by atoms with Gasteiger partial charge in [0.1, 0.15) is 11.9 Å². The highest BCUT2D eigenvalue weighted by Crippen LogP contribution is 2.41. The number of hydrogen-bond donors (Lipinski definition) is 1. The van der Waals surface area contributed by atoms with Crippen LogP contribution in [-0.2, 0) is 0 Å². The van der Waals surface area contributed by atoms with E-state index in [2.05, 4.69) is 9.88 Å². The van der Waals surface area contributed by atoms with Crippen LogP contribution in [0.3, 0.4) is 0 Å². The number of hydrogen-bond acceptors (Lipinski definition) is 5. The second-order valence-electron chi connectivity index (χ2n) is 5.13. The first-order chi connectivity index (χ1) is 8.66. The van der Waals surface area contributed by atoms with Crippen LogP contribution in [0.15, 0.2) is 18.3 Å². The first kappa shape index (κ1) is 11.4. The molecule has 6 nitrogen and oxygen atoms in total. The molecule has 0 amide bonds. The molecule has 0 aliphatic carbocycles. The van der Waals surface area contributed by atoms with Crippen LogP contribution in [0, 0.1) is 10.1 Å². The van der Waals surface area contributed by atoms with Gasteiger partial charge in [0.25, 0.3) is 0 Å². The third-order valence-electron chi connectivity index (χ3n) is 3.99. The van der Waals surface area contributed by atoms with Crippen molar-refractivity contribution in [2.45, 2.75) is 43.8 Å². The first-order valence-electron chi connectivity index (χ1n) is 6.30. The summed E-state index contributed by atoms with van der Waals surface area (Å²) in [5.41, 5.74) is 6.67. The van der Waals surface area contributed by atoms with Gasteiger partial charge in [0.2, 0.25) is 0 Å². The summed E-state index contributed by atoms with van der Waals surface area (Å²) in [5, 5.41) is 11.1. The Kier molecular flexibility index (Phi) is 2.66. The molecule has 6 heteroatoms. The lowest BCUT2D eigenvalue weighted by molar-refractivity contribution is -0.388. The highest BCUT2D eigenvalue weighted by molar-refractivity contribution is 5.61. The molecular formula is C12H16N4O2. The standard InChI is InChI=1S/C12H16N4O2/c13-8-6-9-3-4-10(7-8)15(9)11-2-1-5-14-12(11)16(17)18/h1-2,5,8-10H,3-4,6-7,13H2. The molecule has 0 spiro atoms. The molecule has 0 saturated carbocycles.